The van der Waals surface area contributed by atoms with Crippen molar-refractivity contribution in [3.63, 3.8) is 0 Å². The van der Waals surface area contributed by atoms with Crippen LogP contribution in [0.15, 0.2) is 36.4 Å². The molecule has 114 valence electrons. The number of carbonyl (C=O) groups excluding carboxylic acids is 2. The maximum Gasteiger partial charge on any atom is 0.356 e. The van der Waals surface area contributed by atoms with Gasteiger partial charge in [0.15, 0.2) is 6.29 Å². The highest BCUT2D eigenvalue weighted by Crippen LogP contribution is 2.23. The summed E-state index contributed by atoms with van der Waals surface area (Å²) in [5, 5.41) is 0. The quantitative estimate of drug-likeness (QED) is 0.602. The number of ether oxygens (including phenoxy) is 3. The second kappa shape index (κ2) is 7.21. The molecule has 0 unspecified atom stereocenters. The summed E-state index contributed by atoms with van der Waals surface area (Å²) in [4.78, 5) is 26.6. The van der Waals surface area contributed by atoms with Gasteiger partial charge in [0.1, 0.15) is 23.8 Å². The lowest BCUT2D eigenvalue weighted by molar-refractivity contribution is 0.0593. The number of benzene rings is 1. The SMILES string of the molecule is COC(=O)c1cccc(COc2ccc(OC)cc2C=O)n1. The van der Waals surface area contributed by atoms with Gasteiger partial charge in [-0.05, 0) is 30.3 Å². The molecular weight excluding hydrogens is 286 g/mol. The van der Waals surface area contributed by atoms with Gasteiger partial charge in [0.25, 0.3) is 0 Å². The van der Waals surface area contributed by atoms with E-state index in [1.165, 1.54) is 14.2 Å². The maximum absolute atomic E-state index is 11.4. The molecule has 0 radical (unpaired) electrons. The van der Waals surface area contributed by atoms with E-state index in [9.17, 15) is 9.59 Å². The van der Waals surface area contributed by atoms with Crippen molar-refractivity contribution in [3.8, 4) is 11.5 Å². The van der Waals surface area contributed by atoms with Crippen molar-refractivity contribution in [2.75, 3.05) is 14.2 Å². The first-order valence-electron chi connectivity index (χ1n) is 6.48. The van der Waals surface area contributed by atoms with Gasteiger partial charge in [-0.2, -0.15) is 0 Å². The van der Waals surface area contributed by atoms with Crippen LogP contribution in [0.3, 0.4) is 0 Å². The van der Waals surface area contributed by atoms with E-state index in [1.807, 2.05) is 0 Å². The molecule has 0 fully saturated rings. The molecule has 0 atom stereocenters. The Bertz CT molecular complexity index is 684. The zero-order valence-electron chi connectivity index (χ0n) is 12.2. The average molecular weight is 301 g/mol. The Morgan fingerprint density at radius 3 is 2.73 bits per heavy atom. The number of carbonyl (C=O) groups is 2. The Balaban J connectivity index is 2.13. The second-order valence-electron chi connectivity index (χ2n) is 4.32. The molecule has 22 heavy (non-hydrogen) atoms. The first-order chi connectivity index (χ1) is 10.7. The molecule has 0 aliphatic rings. The van der Waals surface area contributed by atoms with Crippen LogP contribution in [0.5, 0.6) is 11.5 Å². The molecule has 1 aromatic carbocycles. The fourth-order valence-electron chi connectivity index (χ4n) is 1.81. The third-order valence-electron chi connectivity index (χ3n) is 2.92. The Kier molecular flexibility index (Phi) is 5.08. The van der Waals surface area contributed by atoms with Crippen molar-refractivity contribution in [3.05, 3.63) is 53.3 Å². The normalized spacial score (nSPS) is 9.91. The van der Waals surface area contributed by atoms with Gasteiger partial charge in [0.2, 0.25) is 0 Å². The molecule has 0 saturated heterocycles. The van der Waals surface area contributed by atoms with E-state index >= 15 is 0 Å². The van der Waals surface area contributed by atoms with Crippen molar-refractivity contribution in [1.29, 1.82) is 0 Å². The van der Waals surface area contributed by atoms with Crippen LogP contribution in [-0.4, -0.2) is 31.5 Å². The van der Waals surface area contributed by atoms with Crippen molar-refractivity contribution in [1.82, 2.24) is 4.98 Å². The van der Waals surface area contributed by atoms with Crippen LogP contribution in [0, 0.1) is 0 Å². The molecule has 0 aliphatic carbocycles. The Morgan fingerprint density at radius 2 is 2.05 bits per heavy atom. The molecule has 2 rings (SSSR count). The minimum Gasteiger partial charge on any atom is -0.497 e. The fraction of sp³-hybridized carbons (Fsp3) is 0.188. The Labute approximate surface area is 127 Å². The van der Waals surface area contributed by atoms with Gasteiger partial charge in [-0.25, -0.2) is 9.78 Å². The highest BCUT2D eigenvalue weighted by atomic mass is 16.5. The summed E-state index contributed by atoms with van der Waals surface area (Å²) in [6.45, 7) is 0.123. The minimum atomic E-state index is -0.514. The number of aromatic nitrogens is 1. The number of pyridine rings is 1. The molecular formula is C16H15NO5. The van der Waals surface area contributed by atoms with E-state index in [-0.39, 0.29) is 12.3 Å². The van der Waals surface area contributed by atoms with E-state index in [4.69, 9.17) is 9.47 Å². The fourth-order valence-corrected chi connectivity index (χ4v) is 1.81. The molecule has 0 aliphatic heterocycles. The van der Waals surface area contributed by atoms with Gasteiger partial charge in [-0.15, -0.1) is 0 Å². The maximum atomic E-state index is 11.4. The number of rotatable bonds is 6. The largest absolute Gasteiger partial charge is 0.497 e. The van der Waals surface area contributed by atoms with Gasteiger partial charge >= 0.3 is 5.97 Å². The van der Waals surface area contributed by atoms with Gasteiger partial charge in [-0.3, -0.25) is 4.79 Å². The van der Waals surface area contributed by atoms with Crippen LogP contribution in [0.2, 0.25) is 0 Å². The van der Waals surface area contributed by atoms with Gasteiger partial charge in [-0.1, -0.05) is 6.07 Å². The molecule has 0 amide bonds. The molecule has 1 heterocycles. The van der Waals surface area contributed by atoms with Crippen LogP contribution in [0.4, 0.5) is 0 Å². The lowest BCUT2D eigenvalue weighted by Gasteiger charge is -2.10. The summed E-state index contributed by atoms with van der Waals surface area (Å²) >= 11 is 0. The molecule has 0 spiro atoms. The molecule has 0 N–H and O–H groups in total. The molecule has 0 bridgehead atoms. The topological polar surface area (TPSA) is 74.7 Å². The number of aldehydes is 1. The predicted octanol–water partition coefficient (Wildman–Crippen LogP) is 2.27. The van der Waals surface area contributed by atoms with E-state index < -0.39 is 5.97 Å². The Hall–Kier alpha value is -2.89. The summed E-state index contributed by atoms with van der Waals surface area (Å²) in [5.74, 6) is 0.473. The van der Waals surface area contributed by atoms with Crippen LogP contribution in [0.1, 0.15) is 26.5 Å². The smallest absolute Gasteiger partial charge is 0.356 e. The summed E-state index contributed by atoms with van der Waals surface area (Å²) in [6, 6.07) is 9.89. The van der Waals surface area contributed by atoms with Crippen molar-refractivity contribution in [2.45, 2.75) is 6.61 Å². The molecule has 1 aromatic heterocycles. The molecule has 6 nitrogen and oxygen atoms in total. The monoisotopic (exact) mass is 301 g/mol. The lowest BCUT2D eigenvalue weighted by atomic mass is 10.2. The van der Waals surface area contributed by atoms with E-state index in [1.54, 1.807) is 36.4 Å². The highest BCUT2D eigenvalue weighted by molar-refractivity contribution is 5.87. The van der Waals surface area contributed by atoms with E-state index in [0.717, 1.165) is 0 Å². The molecule has 0 saturated carbocycles. The predicted molar refractivity (Wildman–Crippen MR) is 78.3 cm³/mol. The molecule has 6 heteroatoms. The third-order valence-corrected chi connectivity index (χ3v) is 2.92. The number of nitrogens with zero attached hydrogens (tertiary/aromatic N) is 1. The lowest BCUT2D eigenvalue weighted by Crippen LogP contribution is -2.07. The van der Waals surface area contributed by atoms with Crippen molar-refractivity contribution in [2.24, 2.45) is 0 Å². The number of methoxy groups -OCH3 is 2. The van der Waals surface area contributed by atoms with Crippen molar-refractivity contribution < 1.29 is 23.8 Å². The van der Waals surface area contributed by atoms with Crippen LogP contribution in [-0.2, 0) is 11.3 Å². The standard InChI is InChI=1S/C16H15NO5/c1-20-13-6-7-15(11(8-13)9-18)22-10-12-4-3-5-14(17-12)16(19)21-2/h3-9H,10H2,1-2H3. The van der Waals surface area contributed by atoms with Gasteiger partial charge in [0, 0.05) is 0 Å². The van der Waals surface area contributed by atoms with Gasteiger partial charge in [0.05, 0.1) is 25.5 Å². The summed E-state index contributed by atoms with van der Waals surface area (Å²) < 4.78 is 15.2. The van der Waals surface area contributed by atoms with E-state index in [2.05, 4.69) is 9.72 Å². The Morgan fingerprint density at radius 1 is 1.23 bits per heavy atom. The first kappa shape index (κ1) is 15.5. The second-order valence-corrected chi connectivity index (χ2v) is 4.32. The number of hydrogen-bond donors (Lipinski definition) is 0. The van der Waals surface area contributed by atoms with Crippen molar-refractivity contribution >= 4 is 12.3 Å². The zero-order valence-corrected chi connectivity index (χ0v) is 12.2. The van der Waals surface area contributed by atoms with Crippen LogP contribution >= 0.6 is 0 Å². The summed E-state index contributed by atoms with van der Waals surface area (Å²) in [5.41, 5.74) is 1.13. The molecule has 2 aromatic rings. The minimum absolute atomic E-state index is 0.123. The van der Waals surface area contributed by atoms with E-state index in [0.29, 0.717) is 29.0 Å². The van der Waals surface area contributed by atoms with Crippen LogP contribution < -0.4 is 9.47 Å². The van der Waals surface area contributed by atoms with Gasteiger partial charge < -0.3 is 14.2 Å². The average Bonchev–Trinajstić information content (AvgIpc) is 2.59. The first-order valence-corrected chi connectivity index (χ1v) is 6.48. The highest BCUT2D eigenvalue weighted by Gasteiger charge is 2.09. The van der Waals surface area contributed by atoms with Crippen LogP contribution in [0.25, 0.3) is 0 Å². The summed E-state index contributed by atoms with van der Waals surface area (Å²) in [6.07, 6.45) is 0.691. The number of hydrogen-bond acceptors (Lipinski definition) is 6. The number of esters is 1. The third kappa shape index (κ3) is 3.60. The zero-order chi connectivity index (χ0) is 15.9. The summed E-state index contributed by atoms with van der Waals surface area (Å²) in [7, 11) is 2.81.